The van der Waals surface area contributed by atoms with Crippen molar-refractivity contribution < 1.29 is 9.59 Å². The minimum Gasteiger partial charge on any atom is -0.302 e. The van der Waals surface area contributed by atoms with Gasteiger partial charge in [0.25, 0.3) is 5.91 Å². The summed E-state index contributed by atoms with van der Waals surface area (Å²) in [4.78, 5) is 25.6. The van der Waals surface area contributed by atoms with Gasteiger partial charge in [-0.2, -0.15) is 0 Å². The fraction of sp³-hybridized carbons (Fsp3) is 0. The first-order chi connectivity index (χ1) is 10.5. The maximum Gasteiger partial charge on any atom is 0.333 e. The first-order valence-electron chi connectivity index (χ1n) is 6.43. The largest absolute Gasteiger partial charge is 0.333 e. The van der Waals surface area contributed by atoms with Crippen molar-refractivity contribution in [1.29, 1.82) is 0 Å². The molecule has 1 heterocycles. The Balaban J connectivity index is 1.93. The highest BCUT2D eigenvalue weighted by atomic mass is 127. The molecule has 2 aromatic rings. The van der Waals surface area contributed by atoms with Gasteiger partial charge >= 0.3 is 6.03 Å². The lowest BCUT2D eigenvalue weighted by Gasteiger charge is -2.11. The molecule has 0 atom stereocenters. The van der Waals surface area contributed by atoms with Crippen molar-refractivity contribution in [2.45, 2.75) is 0 Å². The average Bonchev–Trinajstić information content (AvgIpc) is 2.76. The summed E-state index contributed by atoms with van der Waals surface area (Å²) in [5, 5.41) is 3.05. The molecule has 0 aliphatic carbocycles. The molecule has 4 nitrogen and oxygen atoms in total. The lowest BCUT2D eigenvalue weighted by Crippen LogP contribution is -2.30. The number of anilines is 1. The molecule has 0 aromatic heterocycles. The van der Waals surface area contributed by atoms with Gasteiger partial charge < -0.3 is 5.32 Å². The van der Waals surface area contributed by atoms with Crippen LogP contribution in [0.5, 0.6) is 0 Å². The van der Waals surface area contributed by atoms with E-state index in [-0.39, 0.29) is 5.70 Å². The van der Waals surface area contributed by atoms with Crippen LogP contribution in [0.2, 0.25) is 5.02 Å². The van der Waals surface area contributed by atoms with E-state index in [0.717, 1.165) is 14.0 Å². The second-order valence-corrected chi connectivity index (χ2v) is 6.34. The highest BCUT2D eigenvalue weighted by Gasteiger charge is 2.34. The van der Waals surface area contributed by atoms with E-state index in [1.54, 1.807) is 30.3 Å². The number of carbonyl (C=O) groups is 2. The Bertz CT molecular complexity index is 787. The number of carbonyl (C=O) groups excluding carboxylic acids is 2. The molecule has 3 rings (SSSR count). The Morgan fingerprint density at radius 2 is 1.82 bits per heavy atom. The molecule has 3 amide bonds. The van der Waals surface area contributed by atoms with E-state index in [1.807, 2.05) is 24.3 Å². The van der Waals surface area contributed by atoms with E-state index >= 15 is 0 Å². The number of nitrogens with one attached hydrogen (secondary N) is 1. The Labute approximate surface area is 145 Å². The van der Waals surface area contributed by atoms with Crippen LogP contribution in [0.4, 0.5) is 10.5 Å². The van der Waals surface area contributed by atoms with E-state index in [4.69, 9.17) is 11.6 Å². The first kappa shape index (κ1) is 15.1. The van der Waals surface area contributed by atoms with Gasteiger partial charge in [-0.05, 0) is 64.6 Å². The molecule has 1 saturated heterocycles. The number of halogens is 2. The monoisotopic (exact) mass is 424 g/mol. The highest BCUT2D eigenvalue weighted by Crippen LogP contribution is 2.24. The maximum atomic E-state index is 12.4. The molecule has 0 unspecified atom stereocenters. The summed E-state index contributed by atoms with van der Waals surface area (Å²) in [6, 6.07) is 13.8. The quantitative estimate of drug-likeness (QED) is 0.449. The molecule has 1 aliphatic rings. The molecule has 1 N–H and O–H groups in total. The predicted molar refractivity (Wildman–Crippen MR) is 94.6 cm³/mol. The van der Waals surface area contributed by atoms with Crippen LogP contribution >= 0.6 is 34.2 Å². The summed E-state index contributed by atoms with van der Waals surface area (Å²) in [5.41, 5.74) is 1.53. The topological polar surface area (TPSA) is 49.4 Å². The molecule has 0 spiro atoms. The van der Waals surface area contributed by atoms with E-state index in [1.165, 1.54) is 0 Å². The predicted octanol–water partition coefficient (Wildman–Crippen LogP) is 4.04. The lowest BCUT2D eigenvalue weighted by atomic mass is 10.2. The van der Waals surface area contributed by atoms with Gasteiger partial charge in [-0.3, -0.25) is 4.79 Å². The van der Waals surface area contributed by atoms with Gasteiger partial charge in [-0.15, -0.1) is 0 Å². The van der Waals surface area contributed by atoms with Gasteiger partial charge in [0.2, 0.25) is 0 Å². The van der Waals surface area contributed by atoms with Crippen LogP contribution in [-0.2, 0) is 4.79 Å². The van der Waals surface area contributed by atoms with Crippen LogP contribution < -0.4 is 10.2 Å². The van der Waals surface area contributed by atoms with Gasteiger partial charge in [0, 0.05) is 8.59 Å². The highest BCUT2D eigenvalue weighted by molar-refractivity contribution is 14.1. The summed E-state index contributed by atoms with van der Waals surface area (Å²) >= 11 is 8.12. The molecule has 0 saturated carbocycles. The Morgan fingerprint density at radius 1 is 1.09 bits per heavy atom. The summed E-state index contributed by atoms with van der Waals surface area (Å²) in [5.74, 6) is -0.397. The molecule has 2 aromatic carbocycles. The zero-order valence-corrected chi connectivity index (χ0v) is 14.1. The number of imide groups is 1. The fourth-order valence-electron chi connectivity index (χ4n) is 2.11. The Kier molecular flexibility index (Phi) is 4.17. The van der Waals surface area contributed by atoms with Crippen molar-refractivity contribution >= 4 is 57.9 Å². The molecule has 0 bridgehead atoms. The lowest BCUT2D eigenvalue weighted by molar-refractivity contribution is -0.113. The second-order valence-electron chi connectivity index (χ2n) is 4.66. The van der Waals surface area contributed by atoms with Crippen LogP contribution in [0, 0.1) is 3.57 Å². The smallest absolute Gasteiger partial charge is 0.302 e. The van der Waals surface area contributed by atoms with Crippen molar-refractivity contribution in [3.63, 3.8) is 0 Å². The van der Waals surface area contributed by atoms with Crippen molar-refractivity contribution in [1.82, 2.24) is 5.32 Å². The van der Waals surface area contributed by atoms with Crippen LogP contribution in [0.3, 0.4) is 0 Å². The van der Waals surface area contributed by atoms with E-state index in [0.29, 0.717) is 10.7 Å². The minimum absolute atomic E-state index is 0.242. The van der Waals surface area contributed by atoms with E-state index in [9.17, 15) is 9.59 Å². The zero-order chi connectivity index (χ0) is 15.7. The molecule has 6 heteroatoms. The zero-order valence-electron chi connectivity index (χ0n) is 11.2. The SMILES string of the molecule is O=C1N/C(=C/c2ccc(I)cc2)C(=O)N1c1cccc(Cl)c1. The molecular weight excluding hydrogens is 415 g/mol. The molecule has 0 radical (unpaired) electrons. The molecular formula is C16H10ClIN2O2. The van der Waals surface area contributed by atoms with Gasteiger partial charge in [0.15, 0.2) is 0 Å². The number of hydrogen-bond donors (Lipinski definition) is 1. The van der Waals surface area contributed by atoms with Gasteiger partial charge in [-0.1, -0.05) is 29.8 Å². The third kappa shape index (κ3) is 3.00. The molecule has 110 valence electrons. The third-order valence-electron chi connectivity index (χ3n) is 3.13. The van der Waals surface area contributed by atoms with Crippen LogP contribution in [-0.4, -0.2) is 11.9 Å². The summed E-state index contributed by atoms with van der Waals surface area (Å²) < 4.78 is 1.10. The maximum absolute atomic E-state index is 12.4. The minimum atomic E-state index is -0.482. The average molecular weight is 425 g/mol. The number of rotatable bonds is 2. The van der Waals surface area contributed by atoms with Crippen molar-refractivity contribution in [3.05, 3.63) is 68.4 Å². The number of amides is 3. The number of urea groups is 1. The Hall–Kier alpha value is -1.86. The van der Waals surface area contributed by atoms with Gasteiger partial charge in [0.1, 0.15) is 5.70 Å². The summed E-state index contributed by atoms with van der Waals surface area (Å²) in [6.07, 6.45) is 1.65. The summed E-state index contributed by atoms with van der Waals surface area (Å²) in [7, 11) is 0. The van der Waals surface area contributed by atoms with E-state index in [2.05, 4.69) is 27.9 Å². The van der Waals surface area contributed by atoms with Gasteiger partial charge in [0.05, 0.1) is 5.69 Å². The molecule has 22 heavy (non-hydrogen) atoms. The van der Waals surface area contributed by atoms with Crippen molar-refractivity contribution in [2.24, 2.45) is 0 Å². The van der Waals surface area contributed by atoms with Crippen molar-refractivity contribution in [3.8, 4) is 0 Å². The molecule has 1 aliphatic heterocycles. The number of benzene rings is 2. The second kappa shape index (κ2) is 6.10. The van der Waals surface area contributed by atoms with Crippen LogP contribution in [0.15, 0.2) is 54.2 Å². The normalized spacial score (nSPS) is 16.3. The standard InChI is InChI=1S/C16H10ClIN2O2/c17-11-2-1-3-13(9-11)20-15(21)14(19-16(20)22)8-10-4-6-12(18)7-5-10/h1-9H,(H,19,22)/b14-8+. The van der Waals surface area contributed by atoms with Crippen LogP contribution in [0.1, 0.15) is 5.56 Å². The number of nitrogens with zero attached hydrogens (tertiary/aromatic N) is 1. The van der Waals surface area contributed by atoms with Gasteiger partial charge in [-0.25, -0.2) is 9.69 Å². The third-order valence-corrected chi connectivity index (χ3v) is 4.08. The van der Waals surface area contributed by atoms with Crippen molar-refractivity contribution in [2.75, 3.05) is 4.90 Å². The fourth-order valence-corrected chi connectivity index (χ4v) is 2.65. The van der Waals surface area contributed by atoms with Crippen LogP contribution in [0.25, 0.3) is 6.08 Å². The number of hydrogen-bond acceptors (Lipinski definition) is 2. The molecule has 1 fully saturated rings. The Morgan fingerprint density at radius 3 is 2.50 bits per heavy atom. The summed E-state index contributed by atoms with van der Waals surface area (Å²) in [6.45, 7) is 0. The van der Waals surface area contributed by atoms with E-state index < -0.39 is 11.9 Å². The first-order valence-corrected chi connectivity index (χ1v) is 7.88.